The van der Waals surface area contributed by atoms with Crippen LogP contribution in [0.25, 0.3) is 0 Å². The number of halogens is 5. The molecule has 0 radical (unpaired) electrons. The van der Waals surface area contributed by atoms with Gasteiger partial charge in [-0.05, 0) is 12.8 Å². The maximum atomic E-state index is 13.5. The van der Waals surface area contributed by atoms with E-state index in [9.17, 15) is 26.7 Å². The largest absolute Gasteiger partial charge is 0.481 e. The van der Waals surface area contributed by atoms with Crippen LogP contribution in [0.2, 0.25) is 0 Å². The summed E-state index contributed by atoms with van der Waals surface area (Å²) in [5.41, 5.74) is -2.49. The Labute approximate surface area is 98.0 Å². The van der Waals surface area contributed by atoms with Gasteiger partial charge < -0.3 is 5.11 Å². The topological polar surface area (TPSA) is 37.3 Å². The van der Waals surface area contributed by atoms with Crippen molar-refractivity contribution in [1.82, 2.24) is 0 Å². The molecule has 1 aliphatic rings. The van der Waals surface area contributed by atoms with Gasteiger partial charge in [-0.3, -0.25) is 4.79 Å². The molecule has 0 amide bonds. The Morgan fingerprint density at radius 1 is 0.944 bits per heavy atom. The number of hydrogen-bond donors (Lipinski definition) is 1. The summed E-state index contributed by atoms with van der Waals surface area (Å²) < 4.78 is 65.8. The van der Waals surface area contributed by atoms with E-state index in [0.29, 0.717) is 0 Å². The Hall–Kier alpha value is -1.66. The maximum Gasteiger partial charge on any atom is 0.304 e. The van der Waals surface area contributed by atoms with Crippen LogP contribution in [0.3, 0.4) is 0 Å². The van der Waals surface area contributed by atoms with Crippen molar-refractivity contribution < 1.29 is 31.9 Å². The van der Waals surface area contributed by atoms with E-state index in [1.54, 1.807) is 0 Å². The minimum Gasteiger partial charge on any atom is -0.481 e. The van der Waals surface area contributed by atoms with Crippen molar-refractivity contribution in [2.75, 3.05) is 0 Å². The number of rotatable bonds is 3. The number of carboxylic acids is 1. The van der Waals surface area contributed by atoms with E-state index >= 15 is 0 Å². The van der Waals surface area contributed by atoms with Gasteiger partial charge in [-0.2, -0.15) is 0 Å². The Morgan fingerprint density at radius 2 is 1.33 bits per heavy atom. The first kappa shape index (κ1) is 12.8. The average Bonchev–Trinajstić information content (AvgIpc) is 3.03. The number of carboxylic acid groups (broad SMARTS) is 1. The molecule has 1 aliphatic carbocycles. The van der Waals surface area contributed by atoms with E-state index in [1.165, 1.54) is 0 Å². The van der Waals surface area contributed by atoms with Gasteiger partial charge in [0.2, 0.25) is 5.82 Å². The first-order valence-electron chi connectivity index (χ1n) is 5.04. The summed E-state index contributed by atoms with van der Waals surface area (Å²) >= 11 is 0. The number of aliphatic carboxylic acids is 1. The van der Waals surface area contributed by atoms with E-state index in [4.69, 9.17) is 5.11 Å². The molecule has 1 fully saturated rings. The van der Waals surface area contributed by atoms with Gasteiger partial charge >= 0.3 is 5.97 Å². The third kappa shape index (κ3) is 1.74. The monoisotopic (exact) mass is 266 g/mol. The predicted molar refractivity (Wildman–Crippen MR) is 49.4 cm³/mol. The van der Waals surface area contributed by atoms with Crippen LogP contribution in [0.5, 0.6) is 0 Å². The van der Waals surface area contributed by atoms with Crippen LogP contribution in [0.15, 0.2) is 0 Å². The molecular formula is C11H7F5O2. The Kier molecular flexibility index (Phi) is 2.79. The summed E-state index contributed by atoms with van der Waals surface area (Å²) in [5.74, 6) is -11.5. The van der Waals surface area contributed by atoms with Crippen LogP contribution < -0.4 is 0 Å². The third-order valence-corrected chi connectivity index (χ3v) is 3.08. The SMILES string of the molecule is O=C(O)CC1(c2c(F)c(F)c(F)c(F)c2F)CC1. The van der Waals surface area contributed by atoms with Crippen LogP contribution in [-0.2, 0) is 10.2 Å². The highest BCUT2D eigenvalue weighted by molar-refractivity contribution is 5.70. The van der Waals surface area contributed by atoms with Gasteiger partial charge in [-0.25, -0.2) is 22.0 Å². The van der Waals surface area contributed by atoms with Gasteiger partial charge in [0.25, 0.3) is 0 Å². The molecular weight excluding hydrogens is 259 g/mol. The van der Waals surface area contributed by atoms with Crippen LogP contribution in [0, 0.1) is 29.1 Å². The van der Waals surface area contributed by atoms with Gasteiger partial charge in [0.05, 0.1) is 6.42 Å². The minimum absolute atomic E-state index is 0.0810. The summed E-state index contributed by atoms with van der Waals surface area (Å²) in [4.78, 5) is 10.6. The van der Waals surface area contributed by atoms with Gasteiger partial charge in [0.15, 0.2) is 23.3 Å². The standard InChI is InChI=1S/C11H7F5O2/c12-6-5(11(1-2-11)3-4(17)18)7(13)9(15)10(16)8(6)14/h1-3H2,(H,17,18). The molecule has 18 heavy (non-hydrogen) atoms. The zero-order chi connectivity index (χ0) is 13.7. The molecule has 0 spiro atoms. The summed E-state index contributed by atoms with van der Waals surface area (Å²) in [6, 6.07) is 0. The van der Waals surface area contributed by atoms with Crippen LogP contribution >= 0.6 is 0 Å². The fourth-order valence-corrected chi connectivity index (χ4v) is 2.03. The molecule has 1 N–H and O–H groups in total. The molecule has 98 valence electrons. The van der Waals surface area contributed by atoms with Crippen molar-refractivity contribution in [2.45, 2.75) is 24.7 Å². The van der Waals surface area contributed by atoms with Crippen LogP contribution in [-0.4, -0.2) is 11.1 Å². The smallest absolute Gasteiger partial charge is 0.304 e. The average molecular weight is 266 g/mol. The van der Waals surface area contributed by atoms with Crippen molar-refractivity contribution in [2.24, 2.45) is 0 Å². The molecule has 0 unspecified atom stereocenters. The van der Waals surface area contributed by atoms with E-state index < -0.39 is 52.5 Å². The second kappa shape index (κ2) is 3.93. The second-order valence-electron chi connectivity index (χ2n) is 4.30. The first-order valence-corrected chi connectivity index (χ1v) is 5.04. The summed E-state index contributed by atoms with van der Waals surface area (Å²) in [6.07, 6.45) is -0.499. The highest BCUT2D eigenvalue weighted by atomic mass is 19.2. The lowest BCUT2D eigenvalue weighted by Crippen LogP contribution is -2.19. The number of carbonyl (C=O) groups is 1. The minimum atomic E-state index is -2.24. The van der Waals surface area contributed by atoms with Crippen LogP contribution in [0.1, 0.15) is 24.8 Å². The molecule has 7 heteroatoms. The first-order chi connectivity index (χ1) is 8.30. The quantitative estimate of drug-likeness (QED) is 0.519. The van der Waals surface area contributed by atoms with Gasteiger partial charge in [0, 0.05) is 11.0 Å². The summed E-state index contributed by atoms with van der Waals surface area (Å²) in [6.45, 7) is 0. The fourth-order valence-electron chi connectivity index (χ4n) is 2.03. The van der Waals surface area contributed by atoms with Crippen molar-refractivity contribution in [3.63, 3.8) is 0 Å². The molecule has 0 bridgehead atoms. The molecule has 0 aromatic heterocycles. The van der Waals surface area contributed by atoms with E-state index in [2.05, 4.69) is 0 Å². The van der Waals surface area contributed by atoms with Crippen molar-refractivity contribution in [3.05, 3.63) is 34.6 Å². The number of hydrogen-bond acceptors (Lipinski definition) is 1. The lowest BCUT2D eigenvalue weighted by atomic mass is 9.91. The van der Waals surface area contributed by atoms with E-state index in [-0.39, 0.29) is 12.8 Å². The van der Waals surface area contributed by atoms with Crippen LogP contribution in [0.4, 0.5) is 22.0 Å². The van der Waals surface area contributed by atoms with Gasteiger partial charge in [0.1, 0.15) is 0 Å². The molecule has 0 heterocycles. The molecule has 2 rings (SSSR count). The molecule has 1 aromatic carbocycles. The number of benzene rings is 1. The Balaban J connectivity index is 2.62. The zero-order valence-corrected chi connectivity index (χ0v) is 8.87. The van der Waals surface area contributed by atoms with E-state index in [0.717, 1.165) is 0 Å². The molecule has 1 saturated carbocycles. The normalized spacial score (nSPS) is 16.7. The maximum absolute atomic E-state index is 13.5. The van der Waals surface area contributed by atoms with Crippen molar-refractivity contribution >= 4 is 5.97 Å². The highest BCUT2D eigenvalue weighted by Crippen LogP contribution is 2.53. The zero-order valence-electron chi connectivity index (χ0n) is 8.87. The van der Waals surface area contributed by atoms with Crippen molar-refractivity contribution in [1.29, 1.82) is 0 Å². The fraction of sp³-hybridized carbons (Fsp3) is 0.364. The summed E-state index contributed by atoms with van der Waals surface area (Å²) in [5, 5.41) is 8.62. The summed E-state index contributed by atoms with van der Waals surface area (Å²) in [7, 11) is 0. The molecule has 1 aromatic rings. The predicted octanol–water partition coefficient (Wildman–Crippen LogP) is 2.89. The molecule has 0 atom stereocenters. The molecule has 0 saturated heterocycles. The van der Waals surface area contributed by atoms with Gasteiger partial charge in [-0.1, -0.05) is 0 Å². The van der Waals surface area contributed by atoms with Gasteiger partial charge in [-0.15, -0.1) is 0 Å². The lowest BCUT2D eigenvalue weighted by molar-refractivity contribution is -0.137. The van der Waals surface area contributed by atoms with Crippen molar-refractivity contribution in [3.8, 4) is 0 Å². The molecule has 0 aliphatic heterocycles. The highest BCUT2D eigenvalue weighted by Gasteiger charge is 2.51. The lowest BCUT2D eigenvalue weighted by Gasteiger charge is -2.16. The van der Waals surface area contributed by atoms with E-state index in [1.807, 2.05) is 0 Å². The Morgan fingerprint density at radius 3 is 1.67 bits per heavy atom. The second-order valence-corrected chi connectivity index (χ2v) is 4.30. The molecule has 2 nitrogen and oxygen atoms in total. The third-order valence-electron chi connectivity index (χ3n) is 3.08. The Bertz CT molecular complexity index is 508.